The van der Waals surface area contributed by atoms with Gasteiger partial charge < -0.3 is 5.11 Å². The van der Waals surface area contributed by atoms with Crippen LogP contribution in [-0.2, 0) is 17.3 Å². The SMILES string of the molecule is [B]c1c(NS(=O)(=O)NC(C)C(F)(F)F)nn(C)c1C(=O)O. The number of alkyl halides is 3. The van der Waals surface area contributed by atoms with Gasteiger partial charge in [-0.15, -0.1) is 0 Å². The minimum Gasteiger partial charge on any atom is -0.477 e. The van der Waals surface area contributed by atoms with Crippen molar-refractivity contribution in [2.24, 2.45) is 7.05 Å². The number of hydrogen-bond acceptors (Lipinski definition) is 4. The van der Waals surface area contributed by atoms with Crippen molar-refractivity contribution in [1.82, 2.24) is 14.5 Å². The summed E-state index contributed by atoms with van der Waals surface area (Å²) in [6.45, 7) is 0.601. The van der Waals surface area contributed by atoms with Crippen molar-refractivity contribution in [3.05, 3.63) is 5.69 Å². The van der Waals surface area contributed by atoms with Gasteiger partial charge in [0.2, 0.25) is 0 Å². The number of hydrogen-bond donors (Lipinski definition) is 3. The van der Waals surface area contributed by atoms with Crippen LogP contribution in [0.3, 0.4) is 0 Å². The number of anilines is 1. The van der Waals surface area contributed by atoms with Gasteiger partial charge >= 0.3 is 22.4 Å². The number of carboxylic acids is 1. The number of carbonyl (C=O) groups is 1. The van der Waals surface area contributed by atoms with Crippen molar-refractivity contribution >= 4 is 35.3 Å². The van der Waals surface area contributed by atoms with Crippen molar-refractivity contribution < 1.29 is 31.5 Å². The minimum atomic E-state index is -4.78. The Kier molecular flexibility index (Phi) is 4.58. The van der Waals surface area contributed by atoms with Gasteiger partial charge in [-0.1, -0.05) is 0 Å². The van der Waals surface area contributed by atoms with E-state index in [9.17, 15) is 26.4 Å². The summed E-state index contributed by atoms with van der Waals surface area (Å²) in [7, 11) is 1.93. The fourth-order valence-electron chi connectivity index (χ4n) is 1.33. The van der Waals surface area contributed by atoms with E-state index in [1.807, 2.05) is 0 Å². The summed E-state index contributed by atoms with van der Waals surface area (Å²) in [5.74, 6) is -2.05. The number of nitrogens with zero attached hydrogens (tertiary/aromatic N) is 2. The quantitative estimate of drug-likeness (QED) is 0.608. The standard InChI is InChI=1S/C8H10BF3N4O4S/c1-3(8(10,11)12)14-21(19,20)15-6-4(9)5(7(17)18)16(2)13-6/h3,14H,1-2H3,(H,13,15)(H,17,18). The zero-order valence-electron chi connectivity index (χ0n) is 10.8. The lowest BCUT2D eigenvalue weighted by atomic mass is 9.95. The number of aryl methyl sites for hydroxylation is 1. The average molecular weight is 326 g/mol. The van der Waals surface area contributed by atoms with Gasteiger partial charge in [0.1, 0.15) is 19.6 Å². The molecule has 0 aliphatic heterocycles. The molecule has 0 aliphatic rings. The van der Waals surface area contributed by atoms with Crippen molar-refractivity contribution in [3.63, 3.8) is 0 Å². The Balaban J connectivity index is 3.01. The lowest BCUT2D eigenvalue weighted by Crippen LogP contribution is -2.45. The van der Waals surface area contributed by atoms with Gasteiger partial charge in [0.15, 0.2) is 5.82 Å². The summed E-state index contributed by atoms with van der Waals surface area (Å²) >= 11 is 0. The zero-order valence-corrected chi connectivity index (χ0v) is 11.6. The second-order valence-corrected chi connectivity index (χ2v) is 5.47. The summed E-state index contributed by atoms with van der Waals surface area (Å²) in [6.07, 6.45) is -4.78. The van der Waals surface area contributed by atoms with Gasteiger partial charge in [-0.25, -0.2) is 4.79 Å². The number of rotatable bonds is 5. The second-order valence-electron chi connectivity index (χ2n) is 4.03. The molecule has 116 valence electrons. The number of carboxylic acid groups (broad SMARTS) is 1. The highest BCUT2D eigenvalue weighted by molar-refractivity contribution is 7.90. The van der Waals surface area contributed by atoms with E-state index in [4.69, 9.17) is 13.0 Å². The van der Waals surface area contributed by atoms with E-state index >= 15 is 0 Å². The molecule has 1 heterocycles. The fourth-order valence-corrected chi connectivity index (χ4v) is 2.39. The molecule has 0 fully saturated rings. The predicted molar refractivity (Wildman–Crippen MR) is 66.8 cm³/mol. The van der Waals surface area contributed by atoms with Crippen LogP contribution in [0.5, 0.6) is 0 Å². The molecule has 1 aromatic rings. The Morgan fingerprint density at radius 2 is 2.00 bits per heavy atom. The molecule has 0 saturated heterocycles. The van der Waals surface area contributed by atoms with E-state index in [0.29, 0.717) is 6.92 Å². The van der Waals surface area contributed by atoms with Gasteiger partial charge in [-0.05, 0) is 12.4 Å². The first kappa shape index (κ1) is 17.3. The highest BCUT2D eigenvalue weighted by Crippen LogP contribution is 2.20. The average Bonchev–Trinajstić information content (AvgIpc) is 2.50. The first-order valence-electron chi connectivity index (χ1n) is 5.27. The van der Waals surface area contributed by atoms with Crippen LogP contribution in [0.15, 0.2) is 0 Å². The molecule has 0 saturated carbocycles. The first-order valence-corrected chi connectivity index (χ1v) is 6.76. The molecule has 0 aromatic carbocycles. The molecule has 1 unspecified atom stereocenters. The van der Waals surface area contributed by atoms with Gasteiger partial charge in [0, 0.05) is 7.05 Å². The molecule has 1 rings (SSSR count). The van der Waals surface area contributed by atoms with Crippen LogP contribution in [0.25, 0.3) is 0 Å². The Morgan fingerprint density at radius 1 is 1.48 bits per heavy atom. The fraction of sp³-hybridized carbons (Fsp3) is 0.500. The lowest BCUT2D eigenvalue weighted by molar-refractivity contribution is -0.147. The molecular weight excluding hydrogens is 316 g/mol. The van der Waals surface area contributed by atoms with Crippen LogP contribution in [0.4, 0.5) is 19.0 Å². The van der Waals surface area contributed by atoms with E-state index in [0.717, 1.165) is 4.68 Å². The number of nitrogens with one attached hydrogen (secondary N) is 2. The molecule has 0 spiro atoms. The number of aromatic carboxylic acids is 1. The molecule has 8 nitrogen and oxygen atoms in total. The summed E-state index contributed by atoms with van der Waals surface area (Å²) in [6, 6.07) is -2.35. The third-order valence-electron chi connectivity index (χ3n) is 2.34. The van der Waals surface area contributed by atoms with Crippen LogP contribution < -0.4 is 14.9 Å². The van der Waals surface area contributed by atoms with Crippen LogP contribution in [0, 0.1) is 0 Å². The van der Waals surface area contributed by atoms with Gasteiger partial charge in [-0.2, -0.15) is 31.4 Å². The Bertz CT molecular complexity index is 657. The molecule has 1 atom stereocenters. The molecule has 0 amide bonds. The van der Waals surface area contributed by atoms with Gasteiger partial charge in [0.25, 0.3) is 0 Å². The zero-order chi connectivity index (χ0) is 16.6. The van der Waals surface area contributed by atoms with Crippen LogP contribution in [0.1, 0.15) is 17.4 Å². The summed E-state index contributed by atoms with van der Waals surface area (Å²) in [5, 5.41) is 12.3. The van der Waals surface area contributed by atoms with Crippen molar-refractivity contribution in [3.8, 4) is 0 Å². The maximum atomic E-state index is 12.3. The van der Waals surface area contributed by atoms with E-state index in [-0.39, 0.29) is 0 Å². The van der Waals surface area contributed by atoms with Crippen LogP contribution >= 0.6 is 0 Å². The Hall–Kier alpha value is -1.76. The third-order valence-corrected chi connectivity index (χ3v) is 3.47. The first-order chi connectivity index (χ1) is 9.35. The Morgan fingerprint density at radius 3 is 2.38 bits per heavy atom. The molecule has 1 aromatic heterocycles. The molecule has 21 heavy (non-hydrogen) atoms. The molecule has 0 aliphatic carbocycles. The number of halogens is 3. The molecule has 13 heteroatoms. The number of aromatic nitrogens is 2. The van der Waals surface area contributed by atoms with Gasteiger partial charge in [0.05, 0.1) is 0 Å². The predicted octanol–water partition coefficient (Wildman–Crippen LogP) is -0.891. The van der Waals surface area contributed by atoms with Crippen molar-refractivity contribution in [1.29, 1.82) is 0 Å². The van der Waals surface area contributed by atoms with E-state index in [1.54, 1.807) is 4.72 Å². The monoisotopic (exact) mass is 326 g/mol. The summed E-state index contributed by atoms with van der Waals surface area (Å²) in [4.78, 5) is 10.8. The minimum absolute atomic E-state index is 0.503. The topological polar surface area (TPSA) is 113 Å². The Labute approximate surface area is 118 Å². The van der Waals surface area contributed by atoms with E-state index in [1.165, 1.54) is 11.8 Å². The highest BCUT2D eigenvalue weighted by Gasteiger charge is 2.38. The normalized spacial score (nSPS) is 14.0. The molecular formula is C8H10BF3N4O4S. The maximum absolute atomic E-state index is 12.3. The van der Waals surface area contributed by atoms with Crippen molar-refractivity contribution in [2.45, 2.75) is 19.1 Å². The van der Waals surface area contributed by atoms with E-state index in [2.05, 4.69) is 5.10 Å². The second kappa shape index (κ2) is 5.56. The largest absolute Gasteiger partial charge is 0.477 e. The van der Waals surface area contributed by atoms with E-state index < -0.39 is 45.4 Å². The maximum Gasteiger partial charge on any atom is 0.404 e. The van der Waals surface area contributed by atoms with Crippen molar-refractivity contribution in [2.75, 3.05) is 4.72 Å². The highest BCUT2D eigenvalue weighted by atomic mass is 32.2. The molecule has 3 N–H and O–H groups in total. The van der Waals surface area contributed by atoms with Crippen LogP contribution in [-0.4, -0.2) is 49.3 Å². The molecule has 0 bridgehead atoms. The lowest BCUT2D eigenvalue weighted by Gasteiger charge is -2.17. The smallest absolute Gasteiger partial charge is 0.404 e. The summed E-state index contributed by atoms with van der Waals surface area (Å²) in [5.41, 5.74) is -1.02. The van der Waals surface area contributed by atoms with Gasteiger partial charge in [-0.3, -0.25) is 9.40 Å². The summed E-state index contributed by atoms with van der Waals surface area (Å²) < 4.78 is 63.7. The molecule has 2 radical (unpaired) electrons. The van der Waals surface area contributed by atoms with Crippen LogP contribution in [0.2, 0.25) is 0 Å². The third kappa shape index (κ3) is 4.11.